The molecule has 0 atom stereocenters. The van der Waals surface area contributed by atoms with Gasteiger partial charge in [-0.3, -0.25) is 4.79 Å². The predicted octanol–water partition coefficient (Wildman–Crippen LogP) is 2.38. The molecule has 15 heavy (non-hydrogen) atoms. The third-order valence-corrected chi connectivity index (χ3v) is 1.71. The second kappa shape index (κ2) is 7.62. The Morgan fingerprint density at radius 2 is 2.00 bits per heavy atom. The fraction of sp³-hybridized carbons (Fsp3) is 0.250. The van der Waals surface area contributed by atoms with Gasteiger partial charge in [-0.2, -0.15) is 0 Å². The van der Waals surface area contributed by atoms with E-state index >= 15 is 0 Å². The Morgan fingerprint density at radius 1 is 1.33 bits per heavy atom. The summed E-state index contributed by atoms with van der Waals surface area (Å²) in [4.78, 5) is 10.2. The lowest BCUT2D eigenvalue weighted by atomic mass is 10.1. The molecule has 0 aliphatic rings. The number of allylic oxidation sites excluding steroid dienone is 5. The molecule has 0 saturated heterocycles. The van der Waals surface area contributed by atoms with Crippen LogP contribution in [0.4, 0.5) is 0 Å². The van der Waals surface area contributed by atoms with Crippen molar-refractivity contribution in [2.75, 3.05) is 0 Å². The van der Waals surface area contributed by atoms with E-state index in [0.717, 1.165) is 5.57 Å². The monoisotopic (exact) mass is 207 g/mol. The average Bonchev–Trinajstić information content (AvgIpc) is 2.14. The van der Waals surface area contributed by atoms with E-state index in [2.05, 4.69) is 13.2 Å². The molecule has 0 saturated carbocycles. The van der Waals surface area contributed by atoms with Crippen molar-refractivity contribution in [3.05, 3.63) is 48.7 Å². The molecule has 3 nitrogen and oxygen atoms in total. The summed E-state index contributed by atoms with van der Waals surface area (Å²) in [5, 5.41) is 8.43. The van der Waals surface area contributed by atoms with Gasteiger partial charge in [-0.25, -0.2) is 0 Å². The fourth-order valence-electron chi connectivity index (χ4n) is 0.956. The second-order valence-electron chi connectivity index (χ2n) is 3.14. The van der Waals surface area contributed by atoms with Crippen molar-refractivity contribution in [1.82, 2.24) is 0 Å². The molecular formula is C12H17NO2. The number of hydrogen-bond acceptors (Lipinski definition) is 2. The largest absolute Gasteiger partial charge is 0.481 e. The zero-order valence-corrected chi connectivity index (χ0v) is 8.78. The Bertz CT molecular complexity index is 301. The first-order valence-electron chi connectivity index (χ1n) is 4.72. The van der Waals surface area contributed by atoms with Gasteiger partial charge >= 0.3 is 5.97 Å². The first-order chi connectivity index (χ1) is 7.06. The number of carboxylic acids is 1. The lowest BCUT2D eigenvalue weighted by Gasteiger charge is -1.97. The first kappa shape index (κ1) is 13.2. The third-order valence-electron chi connectivity index (χ3n) is 1.71. The van der Waals surface area contributed by atoms with E-state index in [-0.39, 0.29) is 6.42 Å². The molecule has 0 fully saturated rings. The highest BCUT2D eigenvalue weighted by Crippen LogP contribution is 2.07. The molecule has 0 aromatic rings. The van der Waals surface area contributed by atoms with Crippen LogP contribution in [0, 0.1) is 0 Å². The van der Waals surface area contributed by atoms with Crippen LogP contribution >= 0.6 is 0 Å². The highest BCUT2D eigenvalue weighted by Gasteiger charge is 1.96. The van der Waals surface area contributed by atoms with Crippen molar-refractivity contribution in [3.63, 3.8) is 0 Å². The predicted molar refractivity (Wildman–Crippen MR) is 62.2 cm³/mol. The van der Waals surface area contributed by atoms with E-state index in [9.17, 15) is 4.79 Å². The molecule has 0 aliphatic heterocycles. The van der Waals surface area contributed by atoms with E-state index in [0.29, 0.717) is 18.5 Å². The summed E-state index contributed by atoms with van der Waals surface area (Å²) in [7, 11) is 0. The molecule has 0 aliphatic carbocycles. The van der Waals surface area contributed by atoms with Crippen molar-refractivity contribution in [2.24, 2.45) is 5.73 Å². The lowest BCUT2D eigenvalue weighted by Crippen LogP contribution is -1.94. The molecule has 82 valence electrons. The van der Waals surface area contributed by atoms with Crippen molar-refractivity contribution in [2.45, 2.75) is 19.3 Å². The Labute approximate surface area is 90.3 Å². The van der Waals surface area contributed by atoms with Crippen LogP contribution in [0.1, 0.15) is 19.3 Å². The minimum absolute atomic E-state index is 0.171. The van der Waals surface area contributed by atoms with Gasteiger partial charge in [-0.1, -0.05) is 30.9 Å². The number of carboxylic acid groups (broad SMARTS) is 1. The Kier molecular flexibility index (Phi) is 6.72. The van der Waals surface area contributed by atoms with Crippen LogP contribution < -0.4 is 5.73 Å². The van der Waals surface area contributed by atoms with Gasteiger partial charge in [-0.05, 0) is 25.0 Å². The Hall–Kier alpha value is -1.77. The smallest absolute Gasteiger partial charge is 0.303 e. The summed E-state index contributed by atoms with van der Waals surface area (Å²) in [6.45, 7) is 7.31. The Balaban J connectivity index is 3.88. The summed E-state index contributed by atoms with van der Waals surface area (Å²) in [6.07, 6.45) is 8.24. The molecule has 0 rings (SSSR count). The molecule has 3 heteroatoms. The molecule has 0 amide bonds. The lowest BCUT2D eigenvalue weighted by molar-refractivity contribution is -0.137. The van der Waals surface area contributed by atoms with Gasteiger partial charge < -0.3 is 10.8 Å². The number of hydrogen-bond donors (Lipinski definition) is 2. The van der Waals surface area contributed by atoms with E-state index in [4.69, 9.17) is 10.8 Å². The zero-order valence-electron chi connectivity index (χ0n) is 8.78. The summed E-state index contributed by atoms with van der Waals surface area (Å²) in [5.74, 6) is -0.780. The number of aliphatic carboxylic acids is 1. The molecule has 0 spiro atoms. The van der Waals surface area contributed by atoms with Gasteiger partial charge in [0.05, 0.1) is 0 Å². The standard InChI is InChI=1S/C12H17NO2/c1-3-5-11(13)9-8-10(2)6-4-7-12(14)15/h3,5,8-9H,1-2,4,6-7,13H2,(H,14,15)/b9-8-,11-5+. The number of carbonyl (C=O) groups is 1. The van der Waals surface area contributed by atoms with E-state index < -0.39 is 5.97 Å². The van der Waals surface area contributed by atoms with Crippen LogP contribution in [0.15, 0.2) is 48.7 Å². The molecular weight excluding hydrogens is 190 g/mol. The zero-order chi connectivity index (χ0) is 11.7. The Morgan fingerprint density at radius 3 is 2.53 bits per heavy atom. The minimum atomic E-state index is -0.780. The molecule has 0 aromatic heterocycles. The summed E-state index contributed by atoms with van der Waals surface area (Å²) in [5.41, 5.74) is 7.05. The van der Waals surface area contributed by atoms with Gasteiger partial charge in [0.15, 0.2) is 0 Å². The van der Waals surface area contributed by atoms with E-state index in [1.165, 1.54) is 0 Å². The summed E-state index contributed by atoms with van der Waals surface area (Å²) < 4.78 is 0. The van der Waals surface area contributed by atoms with E-state index in [1.807, 2.05) is 0 Å². The maximum Gasteiger partial charge on any atom is 0.303 e. The highest BCUT2D eigenvalue weighted by atomic mass is 16.4. The van der Waals surface area contributed by atoms with Gasteiger partial charge in [0, 0.05) is 12.1 Å². The molecule has 0 unspecified atom stereocenters. The summed E-state index contributed by atoms with van der Waals surface area (Å²) >= 11 is 0. The SMILES string of the molecule is C=C/C=C(N)\C=C/C(=C)CCCC(=O)O. The topological polar surface area (TPSA) is 63.3 Å². The molecule has 3 N–H and O–H groups in total. The van der Waals surface area contributed by atoms with Crippen LogP contribution in [0.2, 0.25) is 0 Å². The quantitative estimate of drug-likeness (QED) is 0.630. The molecule has 0 aromatic carbocycles. The fourth-order valence-corrected chi connectivity index (χ4v) is 0.956. The van der Waals surface area contributed by atoms with Crippen LogP contribution in [-0.4, -0.2) is 11.1 Å². The van der Waals surface area contributed by atoms with Crippen LogP contribution in [0.3, 0.4) is 0 Å². The third kappa shape index (κ3) is 8.56. The van der Waals surface area contributed by atoms with Crippen LogP contribution in [0.5, 0.6) is 0 Å². The average molecular weight is 207 g/mol. The van der Waals surface area contributed by atoms with Gasteiger partial charge in [-0.15, -0.1) is 0 Å². The summed E-state index contributed by atoms with van der Waals surface area (Å²) in [6, 6.07) is 0. The number of nitrogens with two attached hydrogens (primary N) is 1. The second-order valence-corrected chi connectivity index (χ2v) is 3.14. The van der Waals surface area contributed by atoms with Crippen molar-refractivity contribution >= 4 is 5.97 Å². The molecule has 0 bridgehead atoms. The molecule has 0 heterocycles. The van der Waals surface area contributed by atoms with Crippen molar-refractivity contribution in [1.29, 1.82) is 0 Å². The van der Waals surface area contributed by atoms with Crippen molar-refractivity contribution in [3.8, 4) is 0 Å². The maximum atomic E-state index is 10.2. The van der Waals surface area contributed by atoms with Crippen LogP contribution in [-0.2, 0) is 4.79 Å². The van der Waals surface area contributed by atoms with Gasteiger partial charge in [0.1, 0.15) is 0 Å². The normalized spacial score (nSPS) is 11.6. The number of rotatable bonds is 7. The first-order valence-corrected chi connectivity index (χ1v) is 4.72. The van der Waals surface area contributed by atoms with Crippen molar-refractivity contribution < 1.29 is 9.90 Å². The van der Waals surface area contributed by atoms with E-state index in [1.54, 1.807) is 24.3 Å². The van der Waals surface area contributed by atoms with Crippen LogP contribution in [0.25, 0.3) is 0 Å². The highest BCUT2D eigenvalue weighted by molar-refractivity contribution is 5.66. The van der Waals surface area contributed by atoms with Gasteiger partial charge in [0.2, 0.25) is 0 Å². The minimum Gasteiger partial charge on any atom is -0.481 e. The van der Waals surface area contributed by atoms with Gasteiger partial charge in [0.25, 0.3) is 0 Å². The molecule has 0 radical (unpaired) electrons. The maximum absolute atomic E-state index is 10.2.